The summed E-state index contributed by atoms with van der Waals surface area (Å²) in [5.74, 6) is -1.91. The summed E-state index contributed by atoms with van der Waals surface area (Å²) in [4.78, 5) is 26.6. The van der Waals surface area contributed by atoms with Crippen LogP contribution in [0.15, 0.2) is 36.5 Å². The summed E-state index contributed by atoms with van der Waals surface area (Å²) in [7, 11) is 0. The fourth-order valence-corrected chi connectivity index (χ4v) is 2.45. The quantitative estimate of drug-likeness (QED) is 0.415. The van der Waals surface area contributed by atoms with E-state index < -0.39 is 42.2 Å². The zero-order valence-corrected chi connectivity index (χ0v) is 17.8. The third-order valence-corrected chi connectivity index (χ3v) is 4.29. The molecule has 2 aromatic rings. The molecule has 0 fully saturated rings. The van der Waals surface area contributed by atoms with Gasteiger partial charge in [0.05, 0.1) is 11.1 Å². The Kier molecular flexibility index (Phi) is 9.67. The normalized spacial score (nSPS) is 12.1. The minimum absolute atomic E-state index is 0.0714. The van der Waals surface area contributed by atoms with Crippen LogP contribution in [0.3, 0.4) is 0 Å². The Morgan fingerprint density at radius 1 is 1.06 bits per heavy atom. The molecule has 1 heterocycles. The Morgan fingerprint density at radius 3 is 2.33 bits per heavy atom. The van der Waals surface area contributed by atoms with Gasteiger partial charge in [-0.05, 0) is 24.6 Å². The standard InChI is InChI=1S/C20H20ClF4N3O5/c21-15-2-1-13(7-16(15)22)32-10-18(30)27-5-3-12(29)9-28-19(31)11-33-14-4-6-26-17(8-14)20(23,24)25/h1-2,4,6-8,12,29H,3,5,9-11H2,(H,27,30)(H,28,31)/t12-/m0/s1. The molecule has 0 unspecified atom stereocenters. The van der Waals surface area contributed by atoms with Crippen molar-refractivity contribution in [1.82, 2.24) is 15.6 Å². The highest BCUT2D eigenvalue weighted by atomic mass is 35.5. The van der Waals surface area contributed by atoms with Crippen molar-refractivity contribution >= 4 is 23.4 Å². The lowest BCUT2D eigenvalue weighted by molar-refractivity contribution is -0.141. The van der Waals surface area contributed by atoms with E-state index in [9.17, 15) is 32.3 Å². The molecule has 2 amide bonds. The van der Waals surface area contributed by atoms with Crippen LogP contribution >= 0.6 is 11.6 Å². The Morgan fingerprint density at radius 2 is 1.70 bits per heavy atom. The van der Waals surface area contributed by atoms with Gasteiger partial charge >= 0.3 is 6.18 Å². The topological polar surface area (TPSA) is 110 Å². The van der Waals surface area contributed by atoms with Gasteiger partial charge in [-0.25, -0.2) is 4.39 Å². The van der Waals surface area contributed by atoms with Crippen molar-refractivity contribution in [2.45, 2.75) is 18.7 Å². The van der Waals surface area contributed by atoms with E-state index in [2.05, 4.69) is 15.6 Å². The number of nitrogens with one attached hydrogen (secondary N) is 2. The number of halogens is 5. The maximum Gasteiger partial charge on any atom is 0.433 e. The van der Waals surface area contributed by atoms with Gasteiger partial charge < -0.3 is 25.2 Å². The molecule has 0 aliphatic rings. The number of aromatic nitrogens is 1. The number of rotatable bonds is 11. The van der Waals surface area contributed by atoms with Gasteiger partial charge in [0.25, 0.3) is 11.8 Å². The average Bonchev–Trinajstić information content (AvgIpc) is 2.76. The van der Waals surface area contributed by atoms with Crippen LogP contribution in [0.2, 0.25) is 5.02 Å². The first kappa shape index (κ1) is 26.1. The van der Waals surface area contributed by atoms with E-state index in [1.807, 2.05) is 0 Å². The summed E-state index contributed by atoms with van der Waals surface area (Å²) in [6.07, 6.45) is -4.63. The molecule has 0 saturated heterocycles. The molecule has 13 heteroatoms. The fourth-order valence-electron chi connectivity index (χ4n) is 2.33. The van der Waals surface area contributed by atoms with Gasteiger partial charge in [-0.1, -0.05) is 11.6 Å². The second-order valence-corrected chi connectivity index (χ2v) is 7.03. The van der Waals surface area contributed by atoms with Crippen LogP contribution in [0.4, 0.5) is 17.6 Å². The highest BCUT2D eigenvalue weighted by Crippen LogP contribution is 2.29. The molecule has 0 spiro atoms. The number of benzene rings is 1. The largest absolute Gasteiger partial charge is 0.484 e. The molecular weight excluding hydrogens is 474 g/mol. The Balaban J connectivity index is 1.60. The van der Waals surface area contributed by atoms with E-state index in [-0.39, 0.29) is 42.6 Å². The lowest BCUT2D eigenvalue weighted by Gasteiger charge is -2.13. The number of carbonyl (C=O) groups is 2. The number of ether oxygens (including phenoxy) is 2. The monoisotopic (exact) mass is 493 g/mol. The molecule has 0 aliphatic carbocycles. The first-order valence-electron chi connectivity index (χ1n) is 9.50. The Hall–Kier alpha value is -3.12. The van der Waals surface area contributed by atoms with Crippen LogP contribution in [-0.4, -0.2) is 54.3 Å². The molecular formula is C20H20ClF4N3O5. The lowest BCUT2D eigenvalue weighted by atomic mass is 10.2. The summed E-state index contributed by atoms with van der Waals surface area (Å²) < 4.78 is 61.2. The molecule has 33 heavy (non-hydrogen) atoms. The molecule has 0 aliphatic heterocycles. The maximum atomic E-state index is 13.3. The molecule has 1 atom stereocenters. The number of hydrogen-bond donors (Lipinski definition) is 3. The number of pyridine rings is 1. The Bertz CT molecular complexity index is 962. The van der Waals surface area contributed by atoms with Crippen molar-refractivity contribution in [1.29, 1.82) is 0 Å². The van der Waals surface area contributed by atoms with E-state index in [0.717, 1.165) is 12.3 Å². The third-order valence-electron chi connectivity index (χ3n) is 3.99. The van der Waals surface area contributed by atoms with Crippen molar-refractivity contribution in [2.75, 3.05) is 26.3 Å². The van der Waals surface area contributed by atoms with Crippen LogP contribution in [0.5, 0.6) is 11.5 Å². The minimum atomic E-state index is -4.64. The lowest BCUT2D eigenvalue weighted by Crippen LogP contribution is -2.37. The third kappa shape index (κ3) is 9.49. The first-order valence-corrected chi connectivity index (χ1v) is 9.87. The number of alkyl halides is 3. The minimum Gasteiger partial charge on any atom is -0.484 e. The molecule has 180 valence electrons. The maximum absolute atomic E-state index is 13.3. The van der Waals surface area contributed by atoms with Gasteiger partial charge in [0.2, 0.25) is 0 Å². The molecule has 3 N–H and O–H groups in total. The van der Waals surface area contributed by atoms with E-state index in [4.69, 9.17) is 21.1 Å². The number of hydrogen-bond acceptors (Lipinski definition) is 6. The van der Waals surface area contributed by atoms with Crippen molar-refractivity contribution in [3.05, 3.63) is 53.1 Å². The molecule has 0 radical (unpaired) electrons. The zero-order chi connectivity index (χ0) is 24.4. The van der Waals surface area contributed by atoms with Gasteiger partial charge in [0, 0.05) is 31.4 Å². The highest BCUT2D eigenvalue weighted by Gasteiger charge is 2.32. The highest BCUT2D eigenvalue weighted by molar-refractivity contribution is 6.30. The smallest absolute Gasteiger partial charge is 0.433 e. The molecule has 0 bridgehead atoms. The summed E-state index contributed by atoms with van der Waals surface area (Å²) in [5.41, 5.74) is -1.15. The second kappa shape index (κ2) is 12.2. The molecule has 8 nitrogen and oxygen atoms in total. The number of amides is 2. The van der Waals surface area contributed by atoms with E-state index >= 15 is 0 Å². The molecule has 2 rings (SSSR count). The number of aliphatic hydroxyl groups is 1. The Labute approximate surface area is 190 Å². The number of aliphatic hydroxyl groups excluding tert-OH is 1. The van der Waals surface area contributed by atoms with Crippen molar-refractivity contribution in [3.63, 3.8) is 0 Å². The first-order chi connectivity index (χ1) is 15.5. The number of nitrogens with zero attached hydrogens (tertiary/aromatic N) is 1. The van der Waals surface area contributed by atoms with Gasteiger partial charge in [0.1, 0.15) is 23.0 Å². The van der Waals surface area contributed by atoms with Crippen molar-refractivity contribution in [2.24, 2.45) is 0 Å². The second-order valence-electron chi connectivity index (χ2n) is 6.62. The molecule has 1 aromatic heterocycles. The van der Waals surface area contributed by atoms with Crippen LogP contribution in [-0.2, 0) is 15.8 Å². The predicted octanol–water partition coefficient (Wildman–Crippen LogP) is 2.33. The van der Waals surface area contributed by atoms with E-state index in [1.54, 1.807) is 0 Å². The molecule has 0 saturated carbocycles. The van der Waals surface area contributed by atoms with Gasteiger partial charge in [-0.3, -0.25) is 14.6 Å². The van der Waals surface area contributed by atoms with Crippen molar-refractivity contribution < 1.29 is 41.7 Å². The fraction of sp³-hybridized carbons (Fsp3) is 0.350. The van der Waals surface area contributed by atoms with Crippen molar-refractivity contribution in [3.8, 4) is 11.5 Å². The number of carbonyl (C=O) groups excluding carboxylic acids is 2. The summed E-state index contributed by atoms with van der Waals surface area (Å²) in [6, 6.07) is 5.57. The van der Waals surface area contributed by atoms with Gasteiger partial charge in [-0.2, -0.15) is 13.2 Å². The summed E-state index contributed by atoms with van der Waals surface area (Å²) in [6.45, 7) is -1.03. The molecule has 1 aromatic carbocycles. The van der Waals surface area contributed by atoms with Crippen LogP contribution in [0.25, 0.3) is 0 Å². The van der Waals surface area contributed by atoms with Gasteiger partial charge in [0.15, 0.2) is 13.2 Å². The van der Waals surface area contributed by atoms with Gasteiger partial charge in [-0.15, -0.1) is 0 Å². The van der Waals surface area contributed by atoms with Crippen LogP contribution in [0.1, 0.15) is 12.1 Å². The average molecular weight is 494 g/mol. The van der Waals surface area contributed by atoms with E-state index in [0.29, 0.717) is 6.07 Å². The summed E-state index contributed by atoms with van der Waals surface area (Å²) in [5, 5.41) is 14.6. The van der Waals surface area contributed by atoms with E-state index in [1.165, 1.54) is 18.2 Å². The zero-order valence-electron chi connectivity index (χ0n) is 17.0. The summed E-state index contributed by atoms with van der Waals surface area (Å²) >= 11 is 5.55. The predicted molar refractivity (Wildman–Crippen MR) is 108 cm³/mol. The SMILES string of the molecule is O=C(COc1ccc(Cl)c(F)c1)NCC[C@H](O)CNC(=O)COc1ccnc(C(F)(F)F)c1. The van der Waals surface area contributed by atoms with Crippen LogP contribution < -0.4 is 20.1 Å². The van der Waals surface area contributed by atoms with Crippen LogP contribution in [0, 0.1) is 5.82 Å².